The predicted molar refractivity (Wildman–Crippen MR) is 107 cm³/mol. The molecule has 4 rings (SSSR count). The Bertz CT molecular complexity index is 814. The van der Waals surface area contributed by atoms with Gasteiger partial charge in [-0.2, -0.15) is 0 Å². The second-order valence-electron chi connectivity index (χ2n) is 6.25. The molecule has 2 heterocycles. The van der Waals surface area contributed by atoms with E-state index in [4.69, 9.17) is 4.98 Å². The summed E-state index contributed by atoms with van der Waals surface area (Å²) in [5.74, 6) is 1.19. The van der Waals surface area contributed by atoms with Gasteiger partial charge in [0.2, 0.25) is 0 Å². The van der Waals surface area contributed by atoms with Gasteiger partial charge in [0.15, 0.2) is 0 Å². The molecule has 0 amide bonds. The van der Waals surface area contributed by atoms with Crippen LogP contribution < -0.4 is 0 Å². The molecule has 0 spiro atoms. The highest BCUT2D eigenvalue weighted by atomic mass is 35.5. The number of nitrogens with one attached hydrogen (secondary N) is 1. The number of hydrogen-bond acceptors (Lipinski definition) is 3. The largest absolute Gasteiger partial charge is 0.508 e. The Morgan fingerprint density at radius 1 is 0.960 bits per heavy atom. The fourth-order valence-corrected chi connectivity index (χ4v) is 3.35. The van der Waals surface area contributed by atoms with Gasteiger partial charge in [-0.25, -0.2) is 4.98 Å². The number of piperidine rings is 1. The van der Waals surface area contributed by atoms with E-state index in [0.717, 1.165) is 47.6 Å². The molecule has 1 aromatic heterocycles. The van der Waals surface area contributed by atoms with Crippen molar-refractivity contribution in [2.45, 2.75) is 25.8 Å². The number of phenols is 1. The van der Waals surface area contributed by atoms with Gasteiger partial charge in [0.25, 0.3) is 0 Å². The summed E-state index contributed by atoms with van der Waals surface area (Å²) in [6.07, 6.45) is 3.80. The number of benzene rings is 2. The van der Waals surface area contributed by atoms with Crippen LogP contribution in [0.25, 0.3) is 22.4 Å². The lowest BCUT2D eigenvalue weighted by Crippen LogP contribution is -2.29. The fourth-order valence-electron chi connectivity index (χ4n) is 3.35. The maximum absolute atomic E-state index is 10.3. The zero-order valence-corrected chi connectivity index (χ0v) is 15.6. The lowest BCUT2D eigenvalue weighted by Gasteiger charge is -2.26. The average Bonchev–Trinajstić information content (AvgIpc) is 3.04. The summed E-state index contributed by atoms with van der Waals surface area (Å²) < 4.78 is 0. The molecule has 1 fully saturated rings. The first kappa shape index (κ1) is 19.6. The Balaban J connectivity index is 0.00000113. The van der Waals surface area contributed by atoms with E-state index < -0.39 is 0 Å². The Labute approximate surface area is 160 Å². The van der Waals surface area contributed by atoms with E-state index in [-0.39, 0.29) is 24.8 Å². The van der Waals surface area contributed by atoms with E-state index >= 15 is 0 Å². The zero-order valence-electron chi connectivity index (χ0n) is 13.9. The number of halogens is 2. The zero-order chi connectivity index (χ0) is 15.6. The van der Waals surface area contributed by atoms with Crippen LogP contribution >= 0.6 is 24.8 Å². The second-order valence-corrected chi connectivity index (χ2v) is 6.25. The minimum absolute atomic E-state index is 0. The number of hydrogen-bond donors (Lipinski definition) is 2. The molecule has 0 saturated carbocycles. The number of aromatic nitrogens is 2. The summed E-state index contributed by atoms with van der Waals surface area (Å²) in [6.45, 7) is 2.97. The molecule has 1 aliphatic rings. The lowest BCUT2D eigenvalue weighted by molar-refractivity contribution is 0.219. The minimum atomic E-state index is 0. The third kappa shape index (κ3) is 4.09. The van der Waals surface area contributed by atoms with Crippen molar-refractivity contribution in [3.63, 3.8) is 0 Å². The highest BCUT2D eigenvalue weighted by molar-refractivity contribution is 5.86. The average molecular weight is 380 g/mol. The molecule has 25 heavy (non-hydrogen) atoms. The number of H-pyrrole nitrogens is 1. The lowest BCUT2D eigenvalue weighted by atomic mass is 10.1. The molecule has 0 bridgehead atoms. The molecule has 134 valence electrons. The standard InChI is InChI=1S/C19H21N3O.2ClH/c23-17-10-9-16-18(15(17)13-22-11-5-2-6-12-22)21-19(20-16)14-7-3-1-4-8-14;;/h1,3-4,7-10,23H,2,5-6,11-13H2,(H,20,21);2*1H. The van der Waals surface area contributed by atoms with Crippen LogP contribution in [0.5, 0.6) is 5.75 Å². The van der Waals surface area contributed by atoms with Crippen molar-refractivity contribution >= 4 is 35.8 Å². The van der Waals surface area contributed by atoms with Crippen molar-refractivity contribution in [2.75, 3.05) is 13.1 Å². The van der Waals surface area contributed by atoms with Crippen LogP contribution in [0.15, 0.2) is 42.5 Å². The summed E-state index contributed by atoms with van der Waals surface area (Å²) in [5.41, 5.74) is 3.86. The maximum Gasteiger partial charge on any atom is 0.138 e. The Morgan fingerprint density at radius 2 is 1.68 bits per heavy atom. The van der Waals surface area contributed by atoms with E-state index in [9.17, 15) is 5.11 Å². The highest BCUT2D eigenvalue weighted by Gasteiger charge is 2.17. The number of nitrogens with zero attached hydrogens (tertiary/aromatic N) is 2. The van der Waals surface area contributed by atoms with Crippen LogP contribution in [0.3, 0.4) is 0 Å². The van der Waals surface area contributed by atoms with E-state index in [0.29, 0.717) is 5.75 Å². The summed E-state index contributed by atoms with van der Waals surface area (Å²) in [7, 11) is 0. The quantitative estimate of drug-likeness (QED) is 0.689. The molecule has 2 N–H and O–H groups in total. The minimum Gasteiger partial charge on any atom is -0.508 e. The topological polar surface area (TPSA) is 52.1 Å². The van der Waals surface area contributed by atoms with Gasteiger partial charge >= 0.3 is 0 Å². The van der Waals surface area contributed by atoms with E-state index in [1.165, 1.54) is 19.3 Å². The predicted octanol–water partition coefficient (Wildman–Crippen LogP) is 4.77. The van der Waals surface area contributed by atoms with Crippen molar-refractivity contribution < 1.29 is 5.11 Å². The molecular weight excluding hydrogens is 357 g/mol. The van der Waals surface area contributed by atoms with Gasteiger partial charge < -0.3 is 10.1 Å². The number of aromatic amines is 1. The van der Waals surface area contributed by atoms with Crippen molar-refractivity contribution in [3.05, 3.63) is 48.0 Å². The molecule has 0 aliphatic carbocycles. The van der Waals surface area contributed by atoms with Gasteiger partial charge in [0.1, 0.15) is 11.6 Å². The third-order valence-corrected chi connectivity index (χ3v) is 4.61. The van der Waals surface area contributed by atoms with Gasteiger partial charge in [-0.15, -0.1) is 24.8 Å². The molecular formula is C19H23Cl2N3O. The molecule has 1 saturated heterocycles. The van der Waals surface area contributed by atoms with Gasteiger partial charge in [0.05, 0.1) is 11.0 Å². The van der Waals surface area contributed by atoms with Crippen LogP contribution in [0.2, 0.25) is 0 Å². The Kier molecular flexibility index (Phi) is 6.71. The number of fused-ring (bicyclic) bond motifs is 1. The van der Waals surface area contributed by atoms with Crippen LogP contribution in [0, 0.1) is 0 Å². The fraction of sp³-hybridized carbons (Fsp3) is 0.316. The first-order valence-electron chi connectivity index (χ1n) is 8.29. The first-order valence-corrected chi connectivity index (χ1v) is 8.29. The first-order chi connectivity index (χ1) is 11.3. The molecule has 6 heteroatoms. The highest BCUT2D eigenvalue weighted by Crippen LogP contribution is 2.30. The van der Waals surface area contributed by atoms with Crippen molar-refractivity contribution in [2.24, 2.45) is 0 Å². The third-order valence-electron chi connectivity index (χ3n) is 4.61. The summed E-state index contributed by atoms with van der Waals surface area (Å²) in [4.78, 5) is 10.6. The number of imidazole rings is 1. The number of aromatic hydroxyl groups is 1. The van der Waals surface area contributed by atoms with Gasteiger partial charge in [-0.1, -0.05) is 36.8 Å². The van der Waals surface area contributed by atoms with Crippen LogP contribution in [-0.2, 0) is 6.54 Å². The molecule has 0 radical (unpaired) electrons. The number of rotatable bonds is 3. The van der Waals surface area contributed by atoms with E-state index in [1.807, 2.05) is 36.4 Å². The molecule has 1 aliphatic heterocycles. The maximum atomic E-state index is 10.3. The Morgan fingerprint density at radius 3 is 2.40 bits per heavy atom. The summed E-state index contributed by atoms with van der Waals surface area (Å²) >= 11 is 0. The van der Waals surface area contributed by atoms with Gasteiger partial charge in [0, 0.05) is 17.7 Å². The second kappa shape index (κ2) is 8.56. The summed E-state index contributed by atoms with van der Waals surface area (Å²) in [5, 5.41) is 10.3. The van der Waals surface area contributed by atoms with Crippen LogP contribution in [0.1, 0.15) is 24.8 Å². The van der Waals surface area contributed by atoms with Crippen molar-refractivity contribution in [3.8, 4) is 17.1 Å². The molecule has 2 aromatic carbocycles. The molecule has 4 nitrogen and oxygen atoms in total. The van der Waals surface area contributed by atoms with Crippen molar-refractivity contribution in [1.29, 1.82) is 0 Å². The monoisotopic (exact) mass is 379 g/mol. The normalized spacial score (nSPS) is 14.7. The van der Waals surface area contributed by atoms with Gasteiger partial charge in [-0.05, 0) is 38.1 Å². The smallest absolute Gasteiger partial charge is 0.138 e. The van der Waals surface area contributed by atoms with Crippen molar-refractivity contribution in [1.82, 2.24) is 14.9 Å². The molecule has 3 aromatic rings. The summed E-state index contributed by atoms with van der Waals surface area (Å²) in [6, 6.07) is 13.8. The van der Waals surface area contributed by atoms with Crippen LogP contribution in [-0.4, -0.2) is 33.1 Å². The van der Waals surface area contributed by atoms with E-state index in [2.05, 4.69) is 9.88 Å². The Hall–Kier alpha value is -1.75. The molecule has 0 unspecified atom stereocenters. The van der Waals surface area contributed by atoms with E-state index in [1.54, 1.807) is 6.07 Å². The number of phenolic OH excluding ortho intramolecular Hbond substituents is 1. The van der Waals surface area contributed by atoms with Gasteiger partial charge in [-0.3, -0.25) is 4.90 Å². The molecule has 0 atom stereocenters. The van der Waals surface area contributed by atoms with Crippen LogP contribution in [0.4, 0.5) is 0 Å². The SMILES string of the molecule is Cl.Cl.Oc1ccc2[nH]c(-c3ccccc3)nc2c1CN1CCCCC1. The number of likely N-dealkylation sites (tertiary alicyclic amines) is 1.